The Morgan fingerprint density at radius 1 is 1.09 bits per heavy atom. The van der Waals surface area contributed by atoms with Crippen LogP contribution in [-0.2, 0) is 0 Å². The maximum Gasteiger partial charge on any atom is 0.225 e. The van der Waals surface area contributed by atoms with Gasteiger partial charge in [-0.1, -0.05) is 0 Å². The average Bonchev–Trinajstić information content (AvgIpc) is 2.58. The van der Waals surface area contributed by atoms with E-state index in [2.05, 4.69) is 19.8 Å². The molecule has 0 unspecified atom stereocenters. The van der Waals surface area contributed by atoms with E-state index < -0.39 is 0 Å². The van der Waals surface area contributed by atoms with Crippen molar-refractivity contribution in [1.29, 1.82) is 0 Å². The van der Waals surface area contributed by atoms with Crippen molar-refractivity contribution in [3.8, 4) is 0 Å². The van der Waals surface area contributed by atoms with Gasteiger partial charge in [0.1, 0.15) is 5.82 Å². The first-order valence-electron chi connectivity index (χ1n) is 7.20. The number of benzene rings is 1. The van der Waals surface area contributed by atoms with E-state index in [1.54, 1.807) is 6.92 Å². The minimum absolute atomic E-state index is 0.175. The highest BCUT2D eigenvalue weighted by molar-refractivity contribution is 5.73. The van der Waals surface area contributed by atoms with Crippen molar-refractivity contribution in [2.24, 2.45) is 0 Å². The first-order valence-corrected chi connectivity index (χ1v) is 7.20. The molecule has 1 saturated heterocycles. The first kappa shape index (κ1) is 14.4. The lowest BCUT2D eigenvalue weighted by molar-refractivity contribution is 0.112. The molecule has 0 N–H and O–H groups in total. The van der Waals surface area contributed by atoms with Gasteiger partial charge in [0, 0.05) is 44.3 Å². The van der Waals surface area contributed by atoms with Crippen LogP contribution in [0.2, 0.25) is 0 Å². The Morgan fingerprint density at radius 2 is 1.73 bits per heavy atom. The smallest absolute Gasteiger partial charge is 0.225 e. The molecule has 1 fully saturated rings. The van der Waals surface area contributed by atoms with Crippen molar-refractivity contribution >= 4 is 17.9 Å². The fraction of sp³-hybridized carbons (Fsp3) is 0.312. The molecule has 0 radical (unpaired) electrons. The fourth-order valence-corrected chi connectivity index (χ4v) is 2.55. The predicted octanol–water partition coefficient (Wildman–Crippen LogP) is 2.06. The summed E-state index contributed by atoms with van der Waals surface area (Å²) >= 11 is 0. The van der Waals surface area contributed by atoms with Gasteiger partial charge in [0.15, 0.2) is 6.29 Å². The van der Waals surface area contributed by atoms with E-state index in [1.807, 2.05) is 12.1 Å². The number of halogens is 1. The van der Waals surface area contributed by atoms with Gasteiger partial charge in [-0.25, -0.2) is 14.4 Å². The number of aldehydes is 1. The third-order valence-corrected chi connectivity index (χ3v) is 3.86. The molecule has 5 nitrogen and oxygen atoms in total. The summed E-state index contributed by atoms with van der Waals surface area (Å²) in [6.45, 7) is 5.00. The largest absolute Gasteiger partial charge is 0.368 e. The number of rotatable bonds is 3. The summed E-state index contributed by atoms with van der Waals surface area (Å²) in [6.07, 6.45) is 3.80. The SMILES string of the molecule is Cc1cc(N2CCN(c3ncc(C=O)cn3)CC2)ccc1F. The van der Waals surface area contributed by atoms with Crippen LogP contribution in [0, 0.1) is 12.7 Å². The van der Waals surface area contributed by atoms with Crippen LogP contribution in [0.15, 0.2) is 30.6 Å². The molecule has 1 aliphatic rings. The van der Waals surface area contributed by atoms with Gasteiger partial charge in [0.25, 0.3) is 0 Å². The maximum absolute atomic E-state index is 13.3. The minimum Gasteiger partial charge on any atom is -0.368 e. The number of carbonyl (C=O) groups is 1. The maximum atomic E-state index is 13.3. The number of nitrogens with zero attached hydrogens (tertiary/aromatic N) is 4. The monoisotopic (exact) mass is 300 g/mol. The van der Waals surface area contributed by atoms with E-state index in [0.29, 0.717) is 17.1 Å². The molecule has 3 rings (SSSR count). The zero-order chi connectivity index (χ0) is 15.5. The van der Waals surface area contributed by atoms with Crippen LogP contribution >= 0.6 is 0 Å². The second-order valence-corrected chi connectivity index (χ2v) is 5.34. The van der Waals surface area contributed by atoms with E-state index >= 15 is 0 Å². The minimum atomic E-state index is -0.175. The van der Waals surface area contributed by atoms with Gasteiger partial charge in [-0.2, -0.15) is 0 Å². The first-order chi connectivity index (χ1) is 10.7. The molecule has 22 heavy (non-hydrogen) atoms. The Balaban J connectivity index is 1.66. The predicted molar refractivity (Wildman–Crippen MR) is 83.0 cm³/mol. The number of aromatic nitrogens is 2. The number of aryl methyl sites for hydroxylation is 1. The molecule has 0 atom stereocenters. The Bertz CT molecular complexity index is 666. The highest BCUT2D eigenvalue weighted by atomic mass is 19.1. The van der Waals surface area contributed by atoms with E-state index in [0.717, 1.165) is 38.2 Å². The molecule has 1 aromatic carbocycles. The molecule has 1 aliphatic heterocycles. The third-order valence-electron chi connectivity index (χ3n) is 3.86. The average molecular weight is 300 g/mol. The molecule has 0 saturated carbocycles. The summed E-state index contributed by atoms with van der Waals surface area (Å²) in [5.41, 5.74) is 2.17. The molecule has 0 spiro atoms. The summed E-state index contributed by atoms with van der Waals surface area (Å²) < 4.78 is 13.3. The lowest BCUT2D eigenvalue weighted by Crippen LogP contribution is -2.47. The lowest BCUT2D eigenvalue weighted by atomic mass is 10.2. The van der Waals surface area contributed by atoms with Crippen LogP contribution in [0.4, 0.5) is 16.0 Å². The number of carbonyl (C=O) groups excluding carboxylic acids is 1. The van der Waals surface area contributed by atoms with Gasteiger partial charge in [-0.15, -0.1) is 0 Å². The summed E-state index contributed by atoms with van der Waals surface area (Å²) in [6, 6.07) is 5.20. The highest BCUT2D eigenvalue weighted by Gasteiger charge is 2.19. The van der Waals surface area contributed by atoms with E-state index in [9.17, 15) is 9.18 Å². The quantitative estimate of drug-likeness (QED) is 0.812. The van der Waals surface area contributed by atoms with Crippen LogP contribution in [0.1, 0.15) is 15.9 Å². The summed E-state index contributed by atoms with van der Waals surface area (Å²) in [5, 5.41) is 0. The van der Waals surface area contributed by atoms with Crippen LogP contribution in [0.5, 0.6) is 0 Å². The molecule has 2 heterocycles. The molecule has 6 heteroatoms. The second-order valence-electron chi connectivity index (χ2n) is 5.34. The molecule has 114 valence electrons. The van der Waals surface area contributed by atoms with Crippen molar-refractivity contribution in [2.45, 2.75) is 6.92 Å². The lowest BCUT2D eigenvalue weighted by Gasteiger charge is -2.36. The van der Waals surface area contributed by atoms with Crippen molar-refractivity contribution in [1.82, 2.24) is 9.97 Å². The Kier molecular flexibility index (Phi) is 4.00. The Labute approximate surface area is 128 Å². The van der Waals surface area contributed by atoms with Crippen LogP contribution < -0.4 is 9.80 Å². The number of piperazine rings is 1. The molecule has 0 aliphatic carbocycles. The summed E-state index contributed by atoms with van der Waals surface area (Å²) in [4.78, 5) is 23.4. The summed E-state index contributed by atoms with van der Waals surface area (Å²) in [5.74, 6) is 0.464. The van der Waals surface area contributed by atoms with Gasteiger partial charge >= 0.3 is 0 Å². The molecule has 0 amide bonds. The number of anilines is 2. The fourth-order valence-electron chi connectivity index (χ4n) is 2.55. The molecular weight excluding hydrogens is 283 g/mol. The van der Waals surface area contributed by atoms with E-state index in [-0.39, 0.29) is 5.82 Å². The molecule has 1 aromatic heterocycles. The van der Waals surface area contributed by atoms with Crippen LogP contribution in [0.25, 0.3) is 0 Å². The van der Waals surface area contributed by atoms with Crippen molar-refractivity contribution < 1.29 is 9.18 Å². The van der Waals surface area contributed by atoms with Crippen molar-refractivity contribution in [3.63, 3.8) is 0 Å². The van der Waals surface area contributed by atoms with Gasteiger partial charge in [0.05, 0.1) is 5.56 Å². The highest BCUT2D eigenvalue weighted by Crippen LogP contribution is 2.21. The van der Waals surface area contributed by atoms with Crippen molar-refractivity contribution in [2.75, 3.05) is 36.0 Å². The normalized spacial score (nSPS) is 15.0. The molecular formula is C16H17FN4O. The van der Waals surface area contributed by atoms with Crippen molar-refractivity contribution in [3.05, 3.63) is 47.5 Å². The topological polar surface area (TPSA) is 49.3 Å². The molecule has 2 aromatic rings. The zero-order valence-electron chi connectivity index (χ0n) is 12.4. The summed E-state index contributed by atoms with van der Waals surface area (Å²) in [7, 11) is 0. The Morgan fingerprint density at radius 3 is 2.32 bits per heavy atom. The van der Waals surface area contributed by atoms with Crippen LogP contribution in [-0.4, -0.2) is 42.4 Å². The zero-order valence-corrected chi connectivity index (χ0v) is 12.4. The van der Waals surface area contributed by atoms with E-state index in [4.69, 9.17) is 0 Å². The standard InChI is InChI=1S/C16H17FN4O/c1-12-8-14(2-3-15(12)17)20-4-6-21(7-5-20)16-18-9-13(11-22)10-19-16/h2-3,8-11H,4-7H2,1H3. The van der Waals surface area contributed by atoms with E-state index in [1.165, 1.54) is 18.5 Å². The van der Waals surface area contributed by atoms with Gasteiger partial charge < -0.3 is 9.80 Å². The second kappa shape index (κ2) is 6.09. The number of hydrogen-bond donors (Lipinski definition) is 0. The number of hydrogen-bond acceptors (Lipinski definition) is 5. The van der Waals surface area contributed by atoms with Crippen LogP contribution in [0.3, 0.4) is 0 Å². The Hall–Kier alpha value is -2.50. The van der Waals surface area contributed by atoms with Gasteiger partial charge in [-0.05, 0) is 30.7 Å². The van der Waals surface area contributed by atoms with Gasteiger partial charge in [-0.3, -0.25) is 4.79 Å². The molecule has 0 bridgehead atoms. The third kappa shape index (κ3) is 2.90. The van der Waals surface area contributed by atoms with Gasteiger partial charge in [0.2, 0.25) is 5.95 Å².